The van der Waals surface area contributed by atoms with Gasteiger partial charge in [-0.3, -0.25) is 14.5 Å². The Hall–Kier alpha value is -1.88. The Balaban J connectivity index is 1.57. The van der Waals surface area contributed by atoms with Crippen LogP contribution in [-0.4, -0.2) is 72.3 Å². The second-order valence-corrected chi connectivity index (χ2v) is 8.47. The smallest absolute Gasteiger partial charge is 0.236 e. The molecule has 1 aromatic rings. The fourth-order valence-electron chi connectivity index (χ4n) is 4.34. The topological polar surface area (TPSA) is 43.9 Å². The zero-order chi connectivity index (χ0) is 19.4. The lowest BCUT2D eigenvalue weighted by molar-refractivity contribution is -0.146. The van der Waals surface area contributed by atoms with Crippen molar-refractivity contribution in [3.63, 3.8) is 0 Å². The number of nitrogens with zero attached hydrogens (tertiary/aromatic N) is 3. The average molecular weight is 372 g/mol. The van der Waals surface area contributed by atoms with Crippen molar-refractivity contribution in [2.24, 2.45) is 5.41 Å². The van der Waals surface area contributed by atoms with Crippen molar-refractivity contribution < 1.29 is 9.59 Å². The van der Waals surface area contributed by atoms with E-state index in [4.69, 9.17) is 0 Å². The predicted molar refractivity (Wildman–Crippen MR) is 107 cm³/mol. The Morgan fingerprint density at radius 2 is 1.93 bits per heavy atom. The minimum absolute atomic E-state index is 0.145. The van der Waals surface area contributed by atoms with Crippen molar-refractivity contribution in [3.05, 3.63) is 35.9 Å². The Morgan fingerprint density at radius 1 is 1.19 bits per heavy atom. The maximum absolute atomic E-state index is 13.2. The van der Waals surface area contributed by atoms with Gasteiger partial charge in [-0.05, 0) is 51.6 Å². The van der Waals surface area contributed by atoms with Crippen LogP contribution in [0.3, 0.4) is 0 Å². The second kappa shape index (κ2) is 8.42. The number of likely N-dealkylation sites (N-methyl/N-ethyl adjacent to an activating group) is 1. The van der Waals surface area contributed by atoms with Gasteiger partial charge in [-0.1, -0.05) is 30.3 Å². The number of hydrogen-bond donors (Lipinski definition) is 0. The van der Waals surface area contributed by atoms with Crippen LogP contribution in [0, 0.1) is 5.41 Å². The molecule has 1 atom stereocenters. The number of rotatable bonds is 6. The van der Waals surface area contributed by atoms with Gasteiger partial charge in [0.2, 0.25) is 11.8 Å². The summed E-state index contributed by atoms with van der Waals surface area (Å²) in [5.74, 6) is 0.447. The summed E-state index contributed by atoms with van der Waals surface area (Å²) in [5, 5.41) is 0. The molecule has 2 saturated heterocycles. The molecule has 2 aliphatic heterocycles. The zero-order valence-electron chi connectivity index (χ0n) is 17.0. The lowest BCUT2D eigenvalue weighted by Crippen LogP contribution is -2.51. The summed E-state index contributed by atoms with van der Waals surface area (Å²) in [7, 11) is 1.86. The van der Waals surface area contributed by atoms with E-state index in [0.717, 1.165) is 51.9 Å². The normalized spacial score (nSPS) is 23.4. The van der Waals surface area contributed by atoms with Gasteiger partial charge in [-0.15, -0.1) is 0 Å². The molecule has 0 radical (unpaired) electrons. The van der Waals surface area contributed by atoms with E-state index in [2.05, 4.69) is 34.1 Å². The molecule has 5 nitrogen and oxygen atoms in total. The first-order chi connectivity index (χ1) is 12.9. The van der Waals surface area contributed by atoms with Crippen LogP contribution in [0.15, 0.2) is 30.3 Å². The Labute approximate surface area is 163 Å². The van der Waals surface area contributed by atoms with Crippen LogP contribution in [0.5, 0.6) is 0 Å². The minimum atomic E-state index is -0.272. The number of piperidine rings is 1. The van der Waals surface area contributed by atoms with Crippen LogP contribution in [-0.2, 0) is 16.0 Å². The molecular formula is C22H33N3O2. The summed E-state index contributed by atoms with van der Waals surface area (Å²) >= 11 is 0. The standard InChI is InChI=1S/C22H33N3O2/c1-18(2)23(3)20(26)16-24-15-12-22(17-24)11-7-13-25(21(22)27)14-10-19-8-5-4-6-9-19/h4-6,8-9,18H,7,10-17H2,1-3H3/t22-/m1/s1. The molecule has 5 heteroatoms. The molecule has 0 saturated carbocycles. The third-order valence-corrected chi connectivity index (χ3v) is 6.30. The molecule has 3 rings (SSSR count). The number of likely N-dealkylation sites (tertiary alicyclic amines) is 2. The fraction of sp³-hybridized carbons (Fsp3) is 0.636. The van der Waals surface area contributed by atoms with Gasteiger partial charge in [0.05, 0.1) is 12.0 Å². The molecule has 0 N–H and O–H groups in total. The largest absolute Gasteiger partial charge is 0.342 e. The second-order valence-electron chi connectivity index (χ2n) is 8.47. The van der Waals surface area contributed by atoms with E-state index in [9.17, 15) is 9.59 Å². The van der Waals surface area contributed by atoms with Gasteiger partial charge in [0.25, 0.3) is 0 Å². The van der Waals surface area contributed by atoms with Crippen LogP contribution in [0.4, 0.5) is 0 Å². The third-order valence-electron chi connectivity index (χ3n) is 6.30. The van der Waals surface area contributed by atoms with Crippen LogP contribution in [0.25, 0.3) is 0 Å². The highest BCUT2D eigenvalue weighted by molar-refractivity contribution is 5.84. The molecule has 0 unspecified atom stereocenters. The number of benzene rings is 1. The number of hydrogen-bond acceptors (Lipinski definition) is 3. The van der Waals surface area contributed by atoms with Gasteiger partial charge >= 0.3 is 0 Å². The van der Waals surface area contributed by atoms with Crippen molar-refractivity contribution in [1.82, 2.24) is 14.7 Å². The molecule has 1 spiro atoms. The van der Waals surface area contributed by atoms with E-state index in [0.29, 0.717) is 12.5 Å². The van der Waals surface area contributed by atoms with E-state index in [1.165, 1.54) is 5.56 Å². The van der Waals surface area contributed by atoms with Gasteiger partial charge < -0.3 is 9.80 Å². The summed E-state index contributed by atoms with van der Waals surface area (Å²) in [6, 6.07) is 10.6. The molecular weight excluding hydrogens is 338 g/mol. The Kier molecular flexibility index (Phi) is 6.20. The monoisotopic (exact) mass is 371 g/mol. The Bertz CT molecular complexity index is 661. The first kappa shape index (κ1) is 19.9. The summed E-state index contributed by atoms with van der Waals surface area (Å²) in [6.45, 7) is 7.70. The van der Waals surface area contributed by atoms with Crippen LogP contribution < -0.4 is 0 Å². The molecule has 27 heavy (non-hydrogen) atoms. The van der Waals surface area contributed by atoms with E-state index < -0.39 is 0 Å². The van der Waals surface area contributed by atoms with Crippen LogP contribution in [0.1, 0.15) is 38.7 Å². The molecule has 0 aliphatic carbocycles. The van der Waals surface area contributed by atoms with Crippen molar-refractivity contribution in [2.45, 2.75) is 45.6 Å². The zero-order valence-corrected chi connectivity index (χ0v) is 17.0. The van der Waals surface area contributed by atoms with Crippen molar-refractivity contribution >= 4 is 11.8 Å². The fourth-order valence-corrected chi connectivity index (χ4v) is 4.34. The van der Waals surface area contributed by atoms with Gasteiger partial charge in [0.1, 0.15) is 0 Å². The highest BCUT2D eigenvalue weighted by Gasteiger charge is 2.48. The molecule has 2 aliphatic rings. The average Bonchev–Trinajstić information content (AvgIpc) is 3.06. The maximum Gasteiger partial charge on any atom is 0.236 e. The minimum Gasteiger partial charge on any atom is -0.342 e. The summed E-state index contributed by atoms with van der Waals surface area (Å²) in [4.78, 5) is 31.7. The lowest BCUT2D eigenvalue weighted by atomic mass is 9.78. The van der Waals surface area contributed by atoms with E-state index in [1.807, 2.05) is 27.0 Å². The van der Waals surface area contributed by atoms with Crippen molar-refractivity contribution in [2.75, 3.05) is 39.8 Å². The summed E-state index contributed by atoms with van der Waals surface area (Å²) < 4.78 is 0. The molecule has 2 fully saturated rings. The van der Waals surface area contributed by atoms with Gasteiger partial charge in [-0.25, -0.2) is 0 Å². The van der Waals surface area contributed by atoms with E-state index in [1.54, 1.807) is 4.90 Å². The van der Waals surface area contributed by atoms with E-state index >= 15 is 0 Å². The molecule has 2 amide bonds. The van der Waals surface area contributed by atoms with Gasteiger partial charge in [-0.2, -0.15) is 0 Å². The summed E-state index contributed by atoms with van der Waals surface area (Å²) in [5.41, 5.74) is 1.01. The first-order valence-electron chi connectivity index (χ1n) is 10.2. The third kappa shape index (κ3) is 4.52. The van der Waals surface area contributed by atoms with E-state index in [-0.39, 0.29) is 17.4 Å². The SMILES string of the molecule is CC(C)N(C)C(=O)CN1CC[C@]2(CCCN(CCc3ccccc3)C2=O)C1. The molecule has 2 heterocycles. The van der Waals surface area contributed by atoms with Crippen molar-refractivity contribution in [3.8, 4) is 0 Å². The van der Waals surface area contributed by atoms with Gasteiger partial charge in [0.15, 0.2) is 0 Å². The highest BCUT2D eigenvalue weighted by atomic mass is 16.2. The van der Waals surface area contributed by atoms with Crippen molar-refractivity contribution in [1.29, 1.82) is 0 Å². The van der Waals surface area contributed by atoms with Gasteiger partial charge in [0, 0.05) is 32.7 Å². The number of carbonyl (C=O) groups is 2. The Morgan fingerprint density at radius 3 is 2.63 bits per heavy atom. The maximum atomic E-state index is 13.2. The quantitative estimate of drug-likeness (QED) is 0.771. The molecule has 148 valence electrons. The molecule has 0 bridgehead atoms. The predicted octanol–water partition coefficient (Wildman–Crippen LogP) is 2.41. The molecule has 0 aromatic heterocycles. The molecule has 1 aromatic carbocycles. The first-order valence-corrected chi connectivity index (χ1v) is 10.2. The lowest BCUT2D eigenvalue weighted by Gasteiger charge is -2.39. The van der Waals surface area contributed by atoms with Crippen LogP contribution >= 0.6 is 0 Å². The number of carbonyl (C=O) groups excluding carboxylic acids is 2. The van der Waals surface area contributed by atoms with Crippen LogP contribution in [0.2, 0.25) is 0 Å². The summed E-state index contributed by atoms with van der Waals surface area (Å²) in [6.07, 6.45) is 3.81. The number of amides is 2. The highest BCUT2D eigenvalue weighted by Crippen LogP contribution is 2.40.